The maximum absolute atomic E-state index is 12.6. The van der Waals surface area contributed by atoms with Crippen molar-refractivity contribution in [2.75, 3.05) is 31.2 Å². The molecular formula is C23H21N5O2S. The first-order valence-corrected chi connectivity index (χ1v) is 10.9. The number of carbonyl (C=O) groups excluding carboxylic acids is 1. The number of nitrogens with one attached hydrogen (secondary N) is 1. The van der Waals surface area contributed by atoms with Gasteiger partial charge in [-0.3, -0.25) is 9.78 Å². The molecular weight excluding hydrogens is 410 g/mol. The first kappa shape index (κ1) is 19.6. The van der Waals surface area contributed by atoms with Crippen LogP contribution in [0.5, 0.6) is 0 Å². The number of fused-ring (bicyclic) bond motifs is 1. The normalized spacial score (nSPS) is 14.0. The summed E-state index contributed by atoms with van der Waals surface area (Å²) >= 11 is 1.56. The van der Waals surface area contributed by atoms with E-state index in [-0.39, 0.29) is 5.91 Å². The van der Waals surface area contributed by atoms with E-state index in [9.17, 15) is 4.79 Å². The van der Waals surface area contributed by atoms with Gasteiger partial charge in [0.05, 0.1) is 23.4 Å². The maximum atomic E-state index is 12.6. The molecule has 0 aliphatic carbocycles. The number of nitrogens with zero attached hydrogens (tertiary/aromatic N) is 4. The molecule has 1 aliphatic rings. The molecule has 1 fully saturated rings. The average molecular weight is 432 g/mol. The maximum Gasteiger partial charge on any atom is 0.251 e. The summed E-state index contributed by atoms with van der Waals surface area (Å²) in [7, 11) is 0. The van der Waals surface area contributed by atoms with Crippen molar-refractivity contribution < 1.29 is 9.53 Å². The van der Waals surface area contributed by atoms with E-state index in [1.807, 2.05) is 42.6 Å². The summed E-state index contributed by atoms with van der Waals surface area (Å²) < 4.78 is 6.38. The topological polar surface area (TPSA) is 80.2 Å². The Hall–Kier alpha value is -3.36. The smallest absolute Gasteiger partial charge is 0.251 e. The minimum atomic E-state index is -0.114. The van der Waals surface area contributed by atoms with Gasteiger partial charge < -0.3 is 15.0 Å². The molecule has 7 nitrogen and oxygen atoms in total. The van der Waals surface area contributed by atoms with Crippen LogP contribution in [0.2, 0.25) is 0 Å². The van der Waals surface area contributed by atoms with Crippen molar-refractivity contribution in [3.63, 3.8) is 0 Å². The number of aromatic nitrogens is 3. The Labute approximate surface area is 183 Å². The Bertz CT molecular complexity index is 1190. The number of hydrogen-bond acceptors (Lipinski definition) is 7. The van der Waals surface area contributed by atoms with Crippen LogP contribution in [0.15, 0.2) is 61.1 Å². The van der Waals surface area contributed by atoms with Gasteiger partial charge in [-0.25, -0.2) is 9.97 Å². The van der Waals surface area contributed by atoms with Gasteiger partial charge in [0.15, 0.2) is 0 Å². The number of carbonyl (C=O) groups is 1. The van der Waals surface area contributed by atoms with Gasteiger partial charge in [-0.15, -0.1) is 11.3 Å². The molecule has 0 bridgehead atoms. The molecule has 1 saturated heterocycles. The molecule has 0 spiro atoms. The van der Waals surface area contributed by atoms with E-state index in [1.165, 1.54) is 0 Å². The van der Waals surface area contributed by atoms with Gasteiger partial charge in [0, 0.05) is 49.4 Å². The second-order valence-corrected chi connectivity index (χ2v) is 8.28. The average Bonchev–Trinajstić information content (AvgIpc) is 3.27. The van der Waals surface area contributed by atoms with Crippen molar-refractivity contribution in [2.24, 2.45) is 0 Å². The minimum absolute atomic E-state index is 0.114. The van der Waals surface area contributed by atoms with E-state index in [0.29, 0.717) is 12.1 Å². The molecule has 0 radical (unpaired) electrons. The van der Waals surface area contributed by atoms with Crippen LogP contribution in [0.4, 0.5) is 5.82 Å². The first-order chi connectivity index (χ1) is 15.3. The van der Waals surface area contributed by atoms with Crippen LogP contribution < -0.4 is 10.2 Å². The number of amides is 1. The summed E-state index contributed by atoms with van der Waals surface area (Å²) in [6.45, 7) is 3.64. The Morgan fingerprint density at radius 1 is 1.13 bits per heavy atom. The van der Waals surface area contributed by atoms with Crippen molar-refractivity contribution >= 4 is 33.3 Å². The van der Waals surface area contributed by atoms with Gasteiger partial charge in [0.1, 0.15) is 10.8 Å². The highest BCUT2D eigenvalue weighted by Crippen LogP contribution is 2.31. The summed E-state index contributed by atoms with van der Waals surface area (Å²) in [5, 5.41) is 3.83. The molecule has 1 amide bonds. The highest BCUT2D eigenvalue weighted by molar-refractivity contribution is 7.21. The molecule has 0 unspecified atom stereocenters. The van der Waals surface area contributed by atoms with Gasteiger partial charge in [0.2, 0.25) is 0 Å². The highest BCUT2D eigenvalue weighted by Gasteiger charge is 2.14. The fourth-order valence-corrected chi connectivity index (χ4v) is 4.46. The lowest BCUT2D eigenvalue weighted by atomic mass is 10.2. The number of ether oxygens (including phenoxy) is 1. The van der Waals surface area contributed by atoms with Gasteiger partial charge in [-0.2, -0.15) is 0 Å². The van der Waals surface area contributed by atoms with Crippen LogP contribution in [0.1, 0.15) is 15.9 Å². The lowest BCUT2D eigenvalue weighted by molar-refractivity contribution is 0.0951. The molecule has 1 aliphatic heterocycles. The predicted molar refractivity (Wildman–Crippen MR) is 121 cm³/mol. The van der Waals surface area contributed by atoms with Crippen molar-refractivity contribution in [3.05, 3.63) is 72.2 Å². The standard InChI is InChI=1S/C23H21N5O2S/c29-22(26-14-16-2-1-7-24-13-16)17-3-5-19-20(12-17)31-23(27-19)18-4-6-21(25-15-18)28-8-10-30-11-9-28/h1-7,12-13,15H,8-11,14H2,(H,26,29). The number of thiazole rings is 1. The van der Waals surface area contributed by atoms with Crippen LogP contribution in [0.3, 0.4) is 0 Å². The third-order valence-corrected chi connectivity index (χ3v) is 6.22. The molecule has 156 valence electrons. The summed E-state index contributed by atoms with van der Waals surface area (Å²) in [5.41, 5.74) is 3.43. The lowest BCUT2D eigenvalue weighted by Gasteiger charge is -2.27. The van der Waals surface area contributed by atoms with E-state index in [4.69, 9.17) is 9.72 Å². The number of morpholine rings is 1. The van der Waals surface area contributed by atoms with Crippen LogP contribution in [-0.2, 0) is 11.3 Å². The van der Waals surface area contributed by atoms with E-state index < -0.39 is 0 Å². The molecule has 0 saturated carbocycles. The molecule has 31 heavy (non-hydrogen) atoms. The molecule has 0 atom stereocenters. The van der Waals surface area contributed by atoms with E-state index >= 15 is 0 Å². The highest BCUT2D eigenvalue weighted by atomic mass is 32.1. The van der Waals surface area contributed by atoms with E-state index in [1.54, 1.807) is 23.7 Å². The molecule has 8 heteroatoms. The minimum Gasteiger partial charge on any atom is -0.378 e. The van der Waals surface area contributed by atoms with Crippen LogP contribution in [0.25, 0.3) is 20.8 Å². The Kier molecular flexibility index (Phi) is 5.56. The van der Waals surface area contributed by atoms with Gasteiger partial charge in [0.25, 0.3) is 5.91 Å². The molecule has 3 aromatic heterocycles. The molecule has 1 aromatic carbocycles. The third-order valence-electron chi connectivity index (χ3n) is 5.16. The van der Waals surface area contributed by atoms with Crippen molar-refractivity contribution in [3.8, 4) is 10.6 Å². The number of anilines is 1. The Morgan fingerprint density at radius 3 is 2.81 bits per heavy atom. The van der Waals surface area contributed by atoms with Crippen molar-refractivity contribution in [1.82, 2.24) is 20.3 Å². The van der Waals surface area contributed by atoms with Crippen LogP contribution >= 0.6 is 11.3 Å². The zero-order chi connectivity index (χ0) is 21.0. The Morgan fingerprint density at radius 2 is 2.03 bits per heavy atom. The van der Waals surface area contributed by atoms with E-state index in [2.05, 4.69) is 26.3 Å². The lowest BCUT2D eigenvalue weighted by Crippen LogP contribution is -2.36. The number of pyridine rings is 2. The zero-order valence-electron chi connectivity index (χ0n) is 16.8. The zero-order valence-corrected chi connectivity index (χ0v) is 17.6. The third kappa shape index (κ3) is 4.40. The summed E-state index contributed by atoms with van der Waals surface area (Å²) in [4.78, 5) is 28.2. The fourth-order valence-electron chi connectivity index (χ4n) is 3.47. The second kappa shape index (κ2) is 8.79. The number of hydrogen-bond donors (Lipinski definition) is 1. The predicted octanol–water partition coefficient (Wildman–Crippen LogP) is 3.52. The van der Waals surface area contributed by atoms with Crippen LogP contribution in [0, 0.1) is 0 Å². The van der Waals surface area contributed by atoms with Crippen molar-refractivity contribution in [1.29, 1.82) is 0 Å². The molecule has 1 N–H and O–H groups in total. The SMILES string of the molecule is O=C(NCc1cccnc1)c1ccc2nc(-c3ccc(N4CCOCC4)nc3)sc2c1. The van der Waals surface area contributed by atoms with Gasteiger partial charge >= 0.3 is 0 Å². The molecule has 4 aromatic rings. The summed E-state index contributed by atoms with van der Waals surface area (Å²) in [6, 6.07) is 13.5. The largest absolute Gasteiger partial charge is 0.378 e. The Balaban J connectivity index is 1.31. The first-order valence-electron chi connectivity index (χ1n) is 10.1. The fraction of sp³-hybridized carbons (Fsp3) is 0.217. The van der Waals surface area contributed by atoms with Gasteiger partial charge in [-0.05, 0) is 42.0 Å². The monoisotopic (exact) mass is 431 g/mol. The molecule has 5 rings (SSSR count). The number of rotatable bonds is 5. The quantitative estimate of drug-likeness (QED) is 0.521. The van der Waals surface area contributed by atoms with Gasteiger partial charge in [-0.1, -0.05) is 6.07 Å². The van der Waals surface area contributed by atoms with Crippen molar-refractivity contribution in [2.45, 2.75) is 6.54 Å². The summed E-state index contributed by atoms with van der Waals surface area (Å²) in [6.07, 6.45) is 5.33. The second-order valence-electron chi connectivity index (χ2n) is 7.25. The van der Waals surface area contributed by atoms with E-state index in [0.717, 1.165) is 58.5 Å². The number of benzene rings is 1. The summed E-state index contributed by atoms with van der Waals surface area (Å²) in [5.74, 6) is 0.845. The molecule has 4 heterocycles. The van der Waals surface area contributed by atoms with Crippen LogP contribution in [-0.4, -0.2) is 47.2 Å².